The quantitative estimate of drug-likeness (QED) is 0.181. The maximum Gasteiger partial charge on any atom is 0.221 e. The Bertz CT molecular complexity index is 556. The van der Waals surface area contributed by atoms with Crippen LogP contribution in [0.1, 0.15) is 33.6 Å². The number of anilines is 1. The Morgan fingerprint density at radius 1 is 1.15 bits per heavy atom. The highest BCUT2D eigenvalue weighted by Gasteiger charge is 2.00. The molecule has 8 heteroatoms. The van der Waals surface area contributed by atoms with Crippen molar-refractivity contribution in [3.8, 4) is 5.75 Å². The summed E-state index contributed by atoms with van der Waals surface area (Å²) in [5.74, 6) is 1.41. The van der Waals surface area contributed by atoms with Crippen LogP contribution in [0.5, 0.6) is 5.75 Å². The number of halogens is 1. The number of carbonyl (C=O) groups is 1. The van der Waals surface area contributed by atoms with E-state index in [2.05, 4.69) is 20.9 Å². The van der Waals surface area contributed by atoms with Crippen LogP contribution >= 0.6 is 24.0 Å². The molecule has 7 nitrogen and oxygen atoms in total. The lowest BCUT2D eigenvalue weighted by Crippen LogP contribution is -2.39. The van der Waals surface area contributed by atoms with Crippen molar-refractivity contribution in [3.05, 3.63) is 24.3 Å². The van der Waals surface area contributed by atoms with Crippen molar-refractivity contribution in [2.24, 2.45) is 4.99 Å². The predicted molar refractivity (Wildman–Crippen MR) is 121 cm³/mol. The van der Waals surface area contributed by atoms with E-state index >= 15 is 0 Å². The number of aliphatic imine (C=N–C) groups is 1. The van der Waals surface area contributed by atoms with Gasteiger partial charge in [0.25, 0.3) is 0 Å². The second kappa shape index (κ2) is 16.6. The van der Waals surface area contributed by atoms with Crippen LogP contribution in [0.15, 0.2) is 29.3 Å². The van der Waals surface area contributed by atoms with Crippen LogP contribution in [0, 0.1) is 0 Å². The van der Waals surface area contributed by atoms with Crippen molar-refractivity contribution in [1.29, 1.82) is 0 Å². The highest BCUT2D eigenvalue weighted by molar-refractivity contribution is 14.0. The van der Waals surface area contributed by atoms with E-state index in [1.165, 1.54) is 6.92 Å². The number of carbonyl (C=O) groups excluding carboxylic acids is 1. The second-order valence-electron chi connectivity index (χ2n) is 5.65. The number of rotatable bonds is 12. The topological polar surface area (TPSA) is 84.0 Å². The van der Waals surface area contributed by atoms with Crippen molar-refractivity contribution in [2.75, 3.05) is 44.8 Å². The smallest absolute Gasteiger partial charge is 0.221 e. The summed E-state index contributed by atoms with van der Waals surface area (Å²) in [6.07, 6.45) is 2.02. The van der Waals surface area contributed by atoms with Crippen LogP contribution in [0.2, 0.25) is 0 Å². The Morgan fingerprint density at radius 2 is 1.96 bits per heavy atom. The Hall–Kier alpha value is -1.55. The molecule has 0 fully saturated rings. The summed E-state index contributed by atoms with van der Waals surface area (Å²) in [7, 11) is 0. The molecule has 0 aromatic heterocycles. The lowest BCUT2D eigenvalue weighted by molar-refractivity contribution is -0.114. The van der Waals surface area contributed by atoms with Gasteiger partial charge in [0.2, 0.25) is 5.91 Å². The molecular formula is C19H33IN4O3. The van der Waals surface area contributed by atoms with Gasteiger partial charge in [-0.2, -0.15) is 0 Å². The largest absolute Gasteiger partial charge is 0.492 e. The maximum absolute atomic E-state index is 11.1. The molecule has 0 saturated heterocycles. The van der Waals surface area contributed by atoms with Crippen molar-refractivity contribution in [1.82, 2.24) is 10.6 Å². The first-order valence-corrected chi connectivity index (χ1v) is 9.26. The van der Waals surface area contributed by atoms with Gasteiger partial charge < -0.3 is 25.4 Å². The third-order valence-corrected chi connectivity index (χ3v) is 3.33. The highest BCUT2D eigenvalue weighted by atomic mass is 127. The molecule has 1 aromatic rings. The van der Waals surface area contributed by atoms with Crippen LogP contribution in [-0.2, 0) is 9.53 Å². The number of unbranched alkanes of at least 4 members (excludes halogenated alkanes) is 1. The number of guanidine groups is 1. The molecule has 3 N–H and O–H groups in total. The van der Waals surface area contributed by atoms with Crippen LogP contribution in [0.4, 0.5) is 5.69 Å². The van der Waals surface area contributed by atoms with Gasteiger partial charge in [0.05, 0.1) is 6.54 Å². The van der Waals surface area contributed by atoms with E-state index in [1.807, 2.05) is 32.0 Å². The average molecular weight is 492 g/mol. The minimum atomic E-state index is -0.100. The molecule has 0 aliphatic carbocycles. The molecule has 1 aromatic carbocycles. The van der Waals surface area contributed by atoms with Gasteiger partial charge in [-0.1, -0.05) is 6.07 Å². The summed E-state index contributed by atoms with van der Waals surface area (Å²) in [5.41, 5.74) is 0.727. The lowest BCUT2D eigenvalue weighted by atomic mass is 10.3. The Balaban J connectivity index is 0.00000676. The van der Waals surface area contributed by atoms with Gasteiger partial charge in [-0.15, -0.1) is 24.0 Å². The third-order valence-electron chi connectivity index (χ3n) is 3.33. The predicted octanol–water partition coefficient (Wildman–Crippen LogP) is 3.01. The molecule has 1 rings (SSSR count). The first kappa shape index (κ1) is 25.4. The van der Waals surface area contributed by atoms with Gasteiger partial charge in [-0.3, -0.25) is 9.79 Å². The van der Waals surface area contributed by atoms with Gasteiger partial charge >= 0.3 is 0 Å². The minimum absolute atomic E-state index is 0. The van der Waals surface area contributed by atoms with Gasteiger partial charge in [-0.25, -0.2) is 0 Å². The Labute approximate surface area is 179 Å². The summed E-state index contributed by atoms with van der Waals surface area (Å²) in [5, 5.41) is 9.21. The van der Waals surface area contributed by atoms with E-state index in [1.54, 1.807) is 6.07 Å². The van der Waals surface area contributed by atoms with E-state index in [0.717, 1.165) is 56.5 Å². The summed E-state index contributed by atoms with van der Waals surface area (Å²) in [4.78, 5) is 15.6. The molecule has 0 aliphatic heterocycles. The van der Waals surface area contributed by atoms with Crippen LogP contribution in [0.3, 0.4) is 0 Å². The number of ether oxygens (including phenoxy) is 2. The minimum Gasteiger partial charge on any atom is -0.492 e. The normalized spacial score (nSPS) is 10.7. The first-order chi connectivity index (χ1) is 12.7. The molecule has 0 saturated carbocycles. The molecule has 0 atom stereocenters. The number of benzene rings is 1. The summed E-state index contributed by atoms with van der Waals surface area (Å²) in [6.45, 7) is 9.79. The van der Waals surface area contributed by atoms with Gasteiger partial charge in [0.15, 0.2) is 5.96 Å². The SMILES string of the molecule is CCNC(=NCCCCOCC)NCCOc1cccc(NC(C)=O)c1.I. The number of nitrogens with zero attached hydrogens (tertiary/aromatic N) is 1. The van der Waals surface area contributed by atoms with E-state index in [9.17, 15) is 4.79 Å². The maximum atomic E-state index is 11.1. The fourth-order valence-corrected chi connectivity index (χ4v) is 2.20. The zero-order chi connectivity index (χ0) is 19.0. The molecule has 27 heavy (non-hydrogen) atoms. The van der Waals surface area contributed by atoms with E-state index in [0.29, 0.717) is 13.2 Å². The summed E-state index contributed by atoms with van der Waals surface area (Å²) < 4.78 is 11.0. The zero-order valence-electron chi connectivity index (χ0n) is 16.5. The highest BCUT2D eigenvalue weighted by Crippen LogP contribution is 2.16. The molecule has 0 aliphatic rings. The molecule has 0 unspecified atom stereocenters. The molecule has 154 valence electrons. The van der Waals surface area contributed by atoms with Gasteiger partial charge in [0.1, 0.15) is 12.4 Å². The van der Waals surface area contributed by atoms with Crippen molar-refractivity contribution < 1.29 is 14.3 Å². The Morgan fingerprint density at radius 3 is 2.67 bits per heavy atom. The number of hydrogen-bond donors (Lipinski definition) is 3. The van der Waals surface area contributed by atoms with Crippen molar-refractivity contribution >= 4 is 41.5 Å². The molecule has 1 amide bonds. The van der Waals surface area contributed by atoms with Crippen LogP contribution in [0.25, 0.3) is 0 Å². The molecule has 0 radical (unpaired) electrons. The molecular weight excluding hydrogens is 459 g/mol. The monoisotopic (exact) mass is 492 g/mol. The fourth-order valence-electron chi connectivity index (χ4n) is 2.20. The van der Waals surface area contributed by atoms with Gasteiger partial charge in [-0.05, 0) is 38.8 Å². The van der Waals surface area contributed by atoms with E-state index in [-0.39, 0.29) is 29.9 Å². The third kappa shape index (κ3) is 13.3. The lowest BCUT2D eigenvalue weighted by Gasteiger charge is -2.12. The van der Waals surface area contributed by atoms with Gasteiger partial charge in [0, 0.05) is 45.0 Å². The van der Waals surface area contributed by atoms with Crippen LogP contribution in [-0.4, -0.2) is 51.3 Å². The number of amides is 1. The van der Waals surface area contributed by atoms with E-state index < -0.39 is 0 Å². The standard InChI is InChI=1S/C19H32N4O3.HI/c1-4-20-19(21-11-6-7-13-25-5-2)22-12-14-26-18-10-8-9-17(15-18)23-16(3)24;/h8-10,15H,4-7,11-14H2,1-3H3,(H,23,24)(H2,20,21,22);1H. The summed E-state index contributed by atoms with van der Waals surface area (Å²) in [6, 6.07) is 7.35. The molecule has 0 bridgehead atoms. The van der Waals surface area contributed by atoms with Crippen molar-refractivity contribution in [3.63, 3.8) is 0 Å². The number of hydrogen-bond acceptors (Lipinski definition) is 4. The summed E-state index contributed by atoms with van der Waals surface area (Å²) >= 11 is 0. The molecule has 0 heterocycles. The average Bonchev–Trinajstić information content (AvgIpc) is 2.61. The second-order valence-corrected chi connectivity index (χ2v) is 5.65. The van der Waals surface area contributed by atoms with E-state index in [4.69, 9.17) is 9.47 Å². The number of nitrogens with one attached hydrogen (secondary N) is 3. The molecule has 0 spiro atoms. The first-order valence-electron chi connectivity index (χ1n) is 9.26. The fraction of sp³-hybridized carbons (Fsp3) is 0.579. The Kier molecular flexibility index (Phi) is 15.7. The van der Waals surface area contributed by atoms with Crippen molar-refractivity contribution in [2.45, 2.75) is 33.6 Å². The van der Waals surface area contributed by atoms with Crippen LogP contribution < -0.4 is 20.7 Å². The zero-order valence-corrected chi connectivity index (χ0v) is 18.9.